The zero-order valence-corrected chi connectivity index (χ0v) is 10.8. The number of rotatable bonds is 5. The summed E-state index contributed by atoms with van der Waals surface area (Å²) in [7, 11) is -3.49. The summed E-state index contributed by atoms with van der Waals surface area (Å²) in [6, 6.07) is 0.0740. The Morgan fingerprint density at radius 1 is 1.59 bits per heavy atom. The molecule has 0 spiro atoms. The second-order valence-electron chi connectivity index (χ2n) is 4.46. The van der Waals surface area contributed by atoms with Crippen LogP contribution in [0.15, 0.2) is 4.90 Å². The SMILES string of the molecule is CCC1CC1NS(=O)(=O)c1c(CN)n[nH]c1C. The highest BCUT2D eigenvalue weighted by Gasteiger charge is 2.39. The van der Waals surface area contributed by atoms with Gasteiger partial charge in [-0.05, 0) is 19.3 Å². The van der Waals surface area contributed by atoms with Crippen LogP contribution in [0.5, 0.6) is 0 Å². The Kier molecular flexibility index (Phi) is 3.24. The molecule has 0 bridgehead atoms. The van der Waals surface area contributed by atoms with E-state index in [1.165, 1.54) is 0 Å². The molecular weight excluding hydrogens is 240 g/mol. The number of nitrogens with one attached hydrogen (secondary N) is 2. The minimum absolute atomic E-state index is 0.0740. The van der Waals surface area contributed by atoms with Crippen LogP contribution in [0.3, 0.4) is 0 Å². The van der Waals surface area contributed by atoms with Crippen molar-refractivity contribution in [3.63, 3.8) is 0 Å². The first kappa shape index (κ1) is 12.5. The van der Waals surface area contributed by atoms with Crippen molar-refractivity contribution in [2.45, 2.75) is 44.2 Å². The maximum absolute atomic E-state index is 12.2. The van der Waals surface area contributed by atoms with Crippen LogP contribution in [0.25, 0.3) is 0 Å². The third kappa shape index (κ3) is 2.36. The minimum atomic E-state index is -3.49. The average molecular weight is 258 g/mol. The first-order valence-corrected chi connectivity index (χ1v) is 7.24. The van der Waals surface area contributed by atoms with E-state index in [0.29, 0.717) is 17.3 Å². The number of aromatic amines is 1. The molecule has 2 atom stereocenters. The second-order valence-corrected chi connectivity index (χ2v) is 6.11. The van der Waals surface area contributed by atoms with Crippen molar-refractivity contribution < 1.29 is 8.42 Å². The summed E-state index contributed by atoms with van der Waals surface area (Å²) in [4.78, 5) is 0.210. The van der Waals surface area contributed by atoms with Gasteiger partial charge in [-0.1, -0.05) is 13.3 Å². The van der Waals surface area contributed by atoms with Crippen molar-refractivity contribution in [2.75, 3.05) is 0 Å². The number of nitrogens with two attached hydrogens (primary N) is 1. The molecule has 1 saturated carbocycles. The van der Waals surface area contributed by atoms with Crippen LogP contribution in [-0.4, -0.2) is 24.7 Å². The van der Waals surface area contributed by atoms with Gasteiger partial charge in [0.1, 0.15) is 4.90 Å². The van der Waals surface area contributed by atoms with Gasteiger partial charge in [-0.15, -0.1) is 0 Å². The molecule has 1 fully saturated rings. The van der Waals surface area contributed by atoms with Gasteiger partial charge in [0.25, 0.3) is 0 Å². The smallest absolute Gasteiger partial charge is 0.244 e. The summed E-state index contributed by atoms with van der Waals surface area (Å²) in [5.41, 5.74) is 6.41. The van der Waals surface area contributed by atoms with Gasteiger partial charge in [0.2, 0.25) is 10.0 Å². The first-order valence-electron chi connectivity index (χ1n) is 5.75. The molecule has 1 heterocycles. The highest BCUT2D eigenvalue weighted by Crippen LogP contribution is 2.34. The number of aryl methyl sites for hydroxylation is 1. The van der Waals surface area contributed by atoms with Crippen molar-refractivity contribution in [3.05, 3.63) is 11.4 Å². The molecule has 0 saturated heterocycles. The van der Waals surface area contributed by atoms with Gasteiger partial charge < -0.3 is 5.73 Å². The summed E-state index contributed by atoms with van der Waals surface area (Å²) in [5.74, 6) is 0.471. The minimum Gasteiger partial charge on any atom is -0.325 e. The predicted octanol–water partition coefficient (Wildman–Crippen LogP) is 0.254. The van der Waals surface area contributed by atoms with Crippen LogP contribution in [-0.2, 0) is 16.6 Å². The normalized spacial score (nSPS) is 23.9. The average Bonchev–Trinajstić information content (AvgIpc) is 2.88. The molecule has 6 nitrogen and oxygen atoms in total. The molecule has 2 rings (SSSR count). The summed E-state index contributed by atoms with van der Waals surface area (Å²) in [5, 5.41) is 6.56. The highest BCUT2D eigenvalue weighted by molar-refractivity contribution is 7.89. The van der Waals surface area contributed by atoms with Crippen LogP contribution in [0.1, 0.15) is 31.2 Å². The molecule has 7 heteroatoms. The Morgan fingerprint density at radius 2 is 2.29 bits per heavy atom. The van der Waals surface area contributed by atoms with Gasteiger partial charge in [0.15, 0.2) is 0 Å². The van der Waals surface area contributed by atoms with Gasteiger partial charge in [-0.25, -0.2) is 13.1 Å². The van der Waals surface area contributed by atoms with E-state index in [9.17, 15) is 8.42 Å². The molecule has 2 unspecified atom stereocenters. The van der Waals surface area contributed by atoms with Gasteiger partial charge in [0, 0.05) is 12.6 Å². The molecule has 0 aromatic carbocycles. The first-order chi connectivity index (χ1) is 7.99. The van der Waals surface area contributed by atoms with Gasteiger partial charge in [-0.3, -0.25) is 5.10 Å². The Balaban J connectivity index is 2.23. The van der Waals surface area contributed by atoms with E-state index in [-0.39, 0.29) is 17.5 Å². The highest BCUT2D eigenvalue weighted by atomic mass is 32.2. The molecular formula is C10H18N4O2S. The fourth-order valence-electron chi connectivity index (χ4n) is 2.07. The fraction of sp³-hybridized carbons (Fsp3) is 0.700. The van der Waals surface area contributed by atoms with Crippen LogP contribution >= 0.6 is 0 Å². The quantitative estimate of drug-likeness (QED) is 0.705. The summed E-state index contributed by atoms with van der Waals surface area (Å²) in [6.07, 6.45) is 1.92. The summed E-state index contributed by atoms with van der Waals surface area (Å²) in [6.45, 7) is 3.86. The van der Waals surface area contributed by atoms with Crippen molar-refractivity contribution in [2.24, 2.45) is 11.7 Å². The fourth-order valence-corrected chi connectivity index (χ4v) is 3.76. The molecule has 1 aromatic rings. The zero-order valence-electron chi connectivity index (χ0n) is 10.0. The Labute approximate surface area is 101 Å². The zero-order chi connectivity index (χ0) is 12.6. The molecule has 17 heavy (non-hydrogen) atoms. The Morgan fingerprint density at radius 3 is 2.82 bits per heavy atom. The van der Waals surface area contributed by atoms with Gasteiger partial charge in [-0.2, -0.15) is 5.10 Å². The number of nitrogens with zero attached hydrogens (tertiary/aromatic N) is 1. The van der Waals surface area contributed by atoms with E-state index in [0.717, 1.165) is 12.8 Å². The monoisotopic (exact) mass is 258 g/mol. The van der Waals surface area contributed by atoms with Crippen molar-refractivity contribution in [1.82, 2.24) is 14.9 Å². The van der Waals surface area contributed by atoms with E-state index in [2.05, 4.69) is 21.8 Å². The molecule has 1 aromatic heterocycles. The van der Waals surface area contributed by atoms with E-state index >= 15 is 0 Å². The van der Waals surface area contributed by atoms with Crippen LogP contribution in [0.4, 0.5) is 0 Å². The van der Waals surface area contributed by atoms with Crippen LogP contribution < -0.4 is 10.5 Å². The maximum Gasteiger partial charge on any atom is 0.244 e. The summed E-state index contributed by atoms with van der Waals surface area (Å²) < 4.78 is 27.1. The van der Waals surface area contributed by atoms with Crippen molar-refractivity contribution in [3.8, 4) is 0 Å². The lowest BCUT2D eigenvalue weighted by atomic mass is 10.3. The standard InChI is InChI=1S/C10H18N4O2S/c1-3-7-4-8(7)14-17(15,16)10-6(2)12-13-9(10)5-11/h7-8,14H,3-5,11H2,1-2H3,(H,12,13). The van der Waals surface area contributed by atoms with Crippen molar-refractivity contribution in [1.29, 1.82) is 0 Å². The molecule has 1 aliphatic rings. The molecule has 1 aliphatic carbocycles. The number of aromatic nitrogens is 2. The van der Waals surface area contributed by atoms with E-state index in [4.69, 9.17) is 5.73 Å². The lowest BCUT2D eigenvalue weighted by Crippen LogP contribution is -2.28. The molecule has 0 aliphatic heterocycles. The lowest BCUT2D eigenvalue weighted by molar-refractivity contribution is 0.574. The number of sulfonamides is 1. The Bertz CT molecular complexity index is 508. The molecule has 96 valence electrons. The third-order valence-corrected chi connectivity index (χ3v) is 4.87. The summed E-state index contributed by atoms with van der Waals surface area (Å²) >= 11 is 0. The van der Waals surface area contributed by atoms with E-state index in [1.54, 1.807) is 6.92 Å². The van der Waals surface area contributed by atoms with E-state index in [1.807, 2.05) is 0 Å². The molecule has 0 radical (unpaired) electrons. The number of H-pyrrole nitrogens is 1. The second kappa shape index (κ2) is 4.40. The van der Waals surface area contributed by atoms with Crippen LogP contribution in [0, 0.1) is 12.8 Å². The third-order valence-electron chi connectivity index (χ3n) is 3.18. The number of hydrogen-bond acceptors (Lipinski definition) is 4. The molecule has 0 amide bonds. The van der Waals surface area contributed by atoms with Gasteiger partial charge in [0.05, 0.1) is 11.4 Å². The number of hydrogen-bond donors (Lipinski definition) is 3. The predicted molar refractivity (Wildman–Crippen MR) is 63.7 cm³/mol. The Hall–Kier alpha value is -0.920. The lowest BCUT2D eigenvalue weighted by Gasteiger charge is -2.06. The largest absolute Gasteiger partial charge is 0.325 e. The topological polar surface area (TPSA) is 101 Å². The maximum atomic E-state index is 12.2. The van der Waals surface area contributed by atoms with Gasteiger partial charge >= 0.3 is 0 Å². The van der Waals surface area contributed by atoms with Crippen LogP contribution in [0.2, 0.25) is 0 Å². The molecule has 4 N–H and O–H groups in total. The van der Waals surface area contributed by atoms with E-state index < -0.39 is 10.0 Å². The van der Waals surface area contributed by atoms with Crippen molar-refractivity contribution >= 4 is 10.0 Å².